The maximum atomic E-state index is 12.0. The fourth-order valence-electron chi connectivity index (χ4n) is 1.55. The number of esters is 2. The van der Waals surface area contributed by atoms with E-state index in [1.54, 1.807) is 0 Å². The highest BCUT2D eigenvalue weighted by Crippen LogP contribution is 2.12. The van der Waals surface area contributed by atoms with Gasteiger partial charge in [-0.25, -0.2) is 8.42 Å². The lowest BCUT2D eigenvalue weighted by Gasteiger charge is -2.12. The van der Waals surface area contributed by atoms with Crippen molar-refractivity contribution in [3.8, 4) is 0 Å². The van der Waals surface area contributed by atoms with Crippen molar-refractivity contribution in [2.45, 2.75) is 24.3 Å². The molecule has 8 heteroatoms. The van der Waals surface area contributed by atoms with Gasteiger partial charge in [0.25, 0.3) is 0 Å². The highest BCUT2D eigenvalue weighted by molar-refractivity contribution is 7.89. The zero-order valence-electron chi connectivity index (χ0n) is 12.0. The highest BCUT2D eigenvalue weighted by atomic mass is 32.2. The van der Waals surface area contributed by atoms with Crippen molar-refractivity contribution in [3.05, 3.63) is 29.8 Å². The number of benzene rings is 1. The van der Waals surface area contributed by atoms with Crippen LogP contribution < -0.4 is 4.72 Å². The first-order chi connectivity index (χ1) is 9.80. The maximum Gasteiger partial charge on any atom is 0.323 e. The zero-order chi connectivity index (χ0) is 16.0. The Hall–Kier alpha value is -1.93. The molecule has 0 aromatic heterocycles. The topological polar surface area (TPSA) is 98.8 Å². The van der Waals surface area contributed by atoms with E-state index >= 15 is 0 Å². The van der Waals surface area contributed by atoms with Crippen LogP contribution in [0.5, 0.6) is 0 Å². The molecule has 1 unspecified atom stereocenters. The van der Waals surface area contributed by atoms with Gasteiger partial charge in [-0.1, -0.05) is 12.1 Å². The molecule has 1 atom stereocenters. The van der Waals surface area contributed by atoms with Crippen molar-refractivity contribution < 1.29 is 27.5 Å². The second-order valence-electron chi connectivity index (χ2n) is 4.26. The second kappa shape index (κ2) is 7.19. The third-order valence-electron chi connectivity index (χ3n) is 2.70. The summed E-state index contributed by atoms with van der Waals surface area (Å²) in [7, 11) is -1.38. The van der Waals surface area contributed by atoms with Gasteiger partial charge >= 0.3 is 11.9 Å². The molecule has 0 amide bonds. The molecule has 7 nitrogen and oxygen atoms in total. The molecule has 1 aromatic rings. The van der Waals surface area contributed by atoms with Crippen LogP contribution in [0.15, 0.2) is 29.2 Å². The molecule has 0 aliphatic rings. The highest BCUT2D eigenvalue weighted by Gasteiger charge is 2.22. The Bertz CT molecular complexity index is 608. The van der Waals surface area contributed by atoms with Gasteiger partial charge in [-0.3, -0.25) is 9.59 Å². The molecule has 0 saturated heterocycles. The number of carbonyl (C=O) groups excluding carboxylic acids is 2. The molecule has 0 aliphatic carbocycles. The standard InChI is InChI=1S/C13H17NO6S/c1-9(13(16)20-3)14-21(17,18)11-6-4-10(5-7-11)8-12(15)19-2/h4-7,9,14H,8H2,1-3H3. The summed E-state index contributed by atoms with van der Waals surface area (Å²) in [6.07, 6.45) is 0.0584. The number of nitrogens with one attached hydrogen (secondary N) is 1. The van der Waals surface area contributed by atoms with Gasteiger partial charge in [-0.05, 0) is 24.6 Å². The van der Waals surface area contributed by atoms with Crippen molar-refractivity contribution in [1.29, 1.82) is 0 Å². The summed E-state index contributed by atoms with van der Waals surface area (Å²) >= 11 is 0. The predicted octanol–water partition coefficient (Wildman–Crippen LogP) is 0.242. The van der Waals surface area contributed by atoms with Crippen LogP contribution in [-0.2, 0) is 35.5 Å². The number of sulfonamides is 1. The van der Waals surface area contributed by atoms with E-state index in [0.717, 1.165) is 0 Å². The van der Waals surface area contributed by atoms with Gasteiger partial charge in [-0.2, -0.15) is 4.72 Å². The number of methoxy groups -OCH3 is 2. The van der Waals surface area contributed by atoms with E-state index in [-0.39, 0.29) is 11.3 Å². The van der Waals surface area contributed by atoms with Crippen molar-refractivity contribution in [3.63, 3.8) is 0 Å². The van der Waals surface area contributed by atoms with Crippen LogP contribution in [0.3, 0.4) is 0 Å². The van der Waals surface area contributed by atoms with Crippen LogP contribution in [0, 0.1) is 0 Å². The first-order valence-electron chi connectivity index (χ1n) is 6.06. The molecule has 116 valence electrons. The van der Waals surface area contributed by atoms with Crippen molar-refractivity contribution in [2.24, 2.45) is 0 Å². The molecule has 0 fully saturated rings. The van der Waals surface area contributed by atoms with Crippen LogP contribution in [-0.4, -0.2) is 40.6 Å². The number of ether oxygens (including phenoxy) is 2. The van der Waals surface area contributed by atoms with Gasteiger partial charge in [0.05, 0.1) is 25.5 Å². The van der Waals surface area contributed by atoms with Gasteiger partial charge in [0.2, 0.25) is 10.0 Å². The Morgan fingerprint density at radius 2 is 1.71 bits per heavy atom. The molecular weight excluding hydrogens is 298 g/mol. The zero-order valence-corrected chi connectivity index (χ0v) is 12.8. The van der Waals surface area contributed by atoms with E-state index in [2.05, 4.69) is 14.2 Å². The Morgan fingerprint density at radius 1 is 1.14 bits per heavy atom. The molecule has 0 spiro atoms. The average Bonchev–Trinajstić information content (AvgIpc) is 2.46. The van der Waals surface area contributed by atoms with Crippen LogP contribution in [0.2, 0.25) is 0 Å². The molecule has 1 aromatic carbocycles. The minimum Gasteiger partial charge on any atom is -0.469 e. The van der Waals surface area contributed by atoms with Gasteiger partial charge < -0.3 is 9.47 Å². The van der Waals surface area contributed by atoms with Crippen LogP contribution in [0.25, 0.3) is 0 Å². The quantitative estimate of drug-likeness (QED) is 0.755. The smallest absolute Gasteiger partial charge is 0.323 e. The Kier molecular flexibility index (Phi) is 5.86. The van der Waals surface area contributed by atoms with E-state index in [1.165, 1.54) is 45.4 Å². The van der Waals surface area contributed by atoms with Gasteiger partial charge in [0.1, 0.15) is 6.04 Å². The van der Waals surface area contributed by atoms with E-state index in [9.17, 15) is 18.0 Å². The largest absolute Gasteiger partial charge is 0.469 e. The predicted molar refractivity (Wildman–Crippen MR) is 74.0 cm³/mol. The molecule has 1 rings (SSSR count). The minimum absolute atomic E-state index is 0.00753. The summed E-state index contributed by atoms with van der Waals surface area (Å²) in [5.41, 5.74) is 0.627. The van der Waals surface area contributed by atoms with Gasteiger partial charge in [-0.15, -0.1) is 0 Å². The lowest BCUT2D eigenvalue weighted by molar-refractivity contribution is -0.142. The average molecular weight is 315 g/mol. The fourth-order valence-corrected chi connectivity index (χ4v) is 2.74. The summed E-state index contributed by atoms with van der Waals surface area (Å²) in [6.45, 7) is 1.38. The Labute approximate surface area is 123 Å². The Balaban J connectivity index is 2.85. The molecule has 0 bridgehead atoms. The summed E-state index contributed by atoms with van der Waals surface area (Å²) in [4.78, 5) is 22.3. The first-order valence-corrected chi connectivity index (χ1v) is 7.54. The van der Waals surface area contributed by atoms with Crippen molar-refractivity contribution in [2.75, 3.05) is 14.2 Å². The minimum atomic E-state index is -3.83. The van der Waals surface area contributed by atoms with E-state index in [4.69, 9.17) is 0 Å². The molecule has 21 heavy (non-hydrogen) atoms. The number of hydrogen-bond donors (Lipinski definition) is 1. The van der Waals surface area contributed by atoms with E-state index < -0.39 is 28.0 Å². The third-order valence-corrected chi connectivity index (χ3v) is 4.25. The summed E-state index contributed by atoms with van der Waals surface area (Å²) in [6, 6.07) is 4.73. The van der Waals surface area contributed by atoms with E-state index in [0.29, 0.717) is 5.56 Å². The first kappa shape index (κ1) is 17.1. The normalized spacial score (nSPS) is 12.5. The molecule has 1 N–H and O–H groups in total. The van der Waals surface area contributed by atoms with Crippen LogP contribution in [0.1, 0.15) is 12.5 Å². The summed E-state index contributed by atoms with van der Waals surface area (Å²) in [5.74, 6) is -1.09. The number of rotatable bonds is 6. The summed E-state index contributed by atoms with van der Waals surface area (Å²) in [5, 5.41) is 0. The summed E-state index contributed by atoms with van der Waals surface area (Å²) < 4.78 is 35.3. The molecule has 0 radical (unpaired) electrons. The number of carbonyl (C=O) groups is 2. The van der Waals surface area contributed by atoms with Crippen LogP contribution >= 0.6 is 0 Å². The monoisotopic (exact) mass is 315 g/mol. The third kappa shape index (κ3) is 4.83. The van der Waals surface area contributed by atoms with Gasteiger partial charge in [0, 0.05) is 0 Å². The van der Waals surface area contributed by atoms with Crippen molar-refractivity contribution in [1.82, 2.24) is 4.72 Å². The van der Waals surface area contributed by atoms with Crippen LogP contribution in [0.4, 0.5) is 0 Å². The molecule has 0 heterocycles. The lowest BCUT2D eigenvalue weighted by atomic mass is 10.2. The Morgan fingerprint density at radius 3 is 2.19 bits per heavy atom. The lowest BCUT2D eigenvalue weighted by Crippen LogP contribution is -2.39. The van der Waals surface area contributed by atoms with Gasteiger partial charge in [0.15, 0.2) is 0 Å². The molecule has 0 aliphatic heterocycles. The van der Waals surface area contributed by atoms with Crippen molar-refractivity contribution >= 4 is 22.0 Å². The SMILES string of the molecule is COC(=O)Cc1ccc(S(=O)(=O)NC(C)C(=O)OC)cc1. The molecular formula is C13H17NO6S. The number of hydrogen-bond acceptors (Lipinski definition) is 6. The second-order valence-corrected chi connectivity index (χ2v) is 5.98. The fraction of sp³-hybridized carbons (Fsp3) is 0.385. The van der Waals surface area contributed by atoms with E-state index in [1.807, 2.05) is 0 Å². The molecule has 0 saturated carbocycles. The maximum absolute atomic E-state index is 12.0.